The molecule has 128 valence electrons. The summed E-state index contributed by atoms with van der Waals surface area (Å²) in [4.78, 5) is 21.1. The van der Waals surface area contributed by atoms with Crippen molar-refractivity contribution in [2.45, 2.75) is 6.42 Å². The van der Waals surface area contributed by atoms with Crippen molar-refractivity contribution >= 4 is 22.9 Å². The zero-order chi connectivity index (χ0) is 17.8. The van der Waals surface area contributed by atoms with Gasteiger partial charge < -0.3 is 9.73 Å². The van der Waals surface area contributed by atoms with Gasteiger partial charge in [-0.2, -0.15) is 0 Å². The molecule has 0 atom stereocenters. The highest BCUT2D eigenvalue weighted by Crippen LogP contribution is 2.23. The van der Waals surface area contributed by atoms with E-state index < -0.39 is 0 Å². The van der Waals surface area contributed by atoms with Crippen molar-refractivity contribution in [3.63, 3.8) is 0 Å². The molecule has 0 aliphatic carbocycles. The normalized spacial score (nSPS) is 10.6. The van der Waals surface area contributed by atoms with Gasteiger partial charge in [-0.15, -0.1) is 21.5 Å². The zero-order valence-corrected chi connectivity index (χ0v) is 14.3. The van der Waals surface area contributed by atoms with Crippen LogP contribution in [0.1, 0.15) is 5.69 Å². The lowest BCUT2D eigenvalue weighted by Gasteiger charge is -2.05. The number of benzene rings is 1. The molecule has 0 radical (unpaired) electrons. The Morgan fingerprint density at radius 1 is 1.19 bits per heavy atom. The Labute approximate surface area is 152 Å². The maximum atomic E-state index is 12.3. The number of hydrogen-bond donors (Lipinski definition) is 1. The topological polar surface area (TPSA) is 93.8 Å². The Hall–Kier alpha value is -3.39. The maximum Gasteiger partial charge on any atom is 0.247 e. The second-order valence-electron chi connectivity index (χ2n) is 5.41. The summed E-state index contributed by atoms with van der Waals surface area (Å²) in [7, 11) is 0. The summed E-state index contributed by atoms with van der Waals surface area (Å²) in [6.45, 7) is 0. The van der Waals surface area contributed by atoms with Crippen molar-refractivity contribution in [2.75, 3.05) is 5.32 Å². The highest BCUT2D eigenvalue weighted by molar-refractivity contribution is 7.13. The van der Waals surface area contributed by atoms with Crippen molar-refractivity contribution in [1.82, 2.24) is 20.2 Å². The van der Waals surface area contributed by atoms with Crippen LogP contribution >= 0.6 is 11.3 Å². The van der Waals surface area contributed by atoms with Crippen LogP contribution in [0.25, 0.3) is 22.2 Å². The van der Waals surface area contributed by atoms with E-state index >= 15 is 0 Å². The Balaban J connectivity index is 1.43. The number of anilines is 1. The van der Waals surface area contributed by atoms with Crippen LogP contribution in [-0.2, 0) is 11.2 Å². The third kappa shape index (κ3) is 3.65. The number of rotatable bonds is 5. The van der Waals surface area contributed by atoms with E-state index in [1.54, 1.807) is 18.3 Å². The van der Waals surface area contributed by atoms with Gasteiger partial charge in [0.2, 0.25) is 18.2 Å². The van der Waals surface area contributed by atoms with Crippen LogP contribution in [0.5, 0.6) is 0 Å². The van der Waals surface area contributed by atoms with Gasteiger partial charge >= 0.3 is 0 Å². The number of nitrogens with zero attached hydrogens (tertiary/aromatic N) is 4. The van der Waals surface area contributed by atoms with E-state index in [-0.39, 0.29) is 12.3 Å². The van der Waals surface area contributed by atoms with Crippen molar-refractivity contribution < 1.29 is 9.21 Å². The Kier molecular flexibility index (Phi) is 4.48. The Morgan fingerprint density at radius 2 is 2.15 bits per heavy atom. The fourth-order valence-electron chi connectivity index (χ4n) is 2.39. The molecule has 7 nitrogen and oxygen atoms in total. The van der Waals surface area contributed by atoms with Crippen LogP contribution in [0, 0.1) is 0 Å². The van der Waals surface area contributed by atoms with Gasteiger partial charge in [-0.25, -0.2) is 4.98 Å². The Morgan fingerprint density at radius 3 is 2.96 bits per heavy atom. The molecule has 0 aliphatic heterocycles. The SMILES string of the molecule is O=C(Cc1csc(-c2ccccn2)n1)Nc1cccc(-c2nnco2)c1. The maximum absolute atomic E-state index is 12.3. The van der Waals surface area contributed by atoms with Crippen molar-refractivity contribution in [3.05, 3.63) is 66.1 Å². The van der Waals surface area contributed by atoms with Crippen LogP contribution in [-0.4, -0.2) is 26.1 Å². The predicted molar refractivity (Wildman–Crippen MR) is 97.4 cm³/mol. The standard InChI is InChI=1S/C18H13N5O2S/c24-16(9-14-10-26-18(22-14)15-6-1-2-7-19-15)21-13-5-3-4-12(8-13)17-23-20-11-25-17/h1-8,10-11H,9H2,(H,21,24). The second kappa shape index (κ2) is 7.24. The molecule has 1 N–H and O–H groups in total. The average molecular weight is 363 g/mol. The van der Waals surface area contributed by atoms with Gasteiger partial charge in [-0.3, -0.25) is 9.78 Å². The van der Waals surface area contributed by atoms with E-state index in [2.05, 4.69) is 25.5 Å². The van der Waals surface area contributed by atoms with E-state index in [0.717, 1.165) is 16.3 Å². The lowest BCUT2D eigenvalue weighted by Crippen LogP contribution is -2.14. The molecule has 3 heterocycles. The molecule has 0 bridgehead atoms. The predicted octanol–water partition coefficient (Wildman–Crippen LogP) is 3.44. The van der Waals surface area contributed by atoms with Gasteiger partial charge in [0, 0.05) is 22.8 Å². The minimum atomic E-state index is -0.148. The van der Waals surface area contributed by atoms with Crippen molar-refractivity contribution in [3.8, 4) is 22.2 Å². The average Bonchev–Trinajstić information content (AvgIpc) is 3.35. The fourth-order valence-corrected chi connectivity index (χ4v) is 3.19. The van der Waals surface area contributed by atoms with E-state index in [9.17, 15) is 4.79 Å². The van der Waals surface area contributed by atoms with Crippen LogP contribution in [0.15, 0.2) is 64.9 Å². The van der Waals surface area contributed by atoms with Gasteiger partial charge in [-0.05, 0) is 30.3 Å². The summed E-state index contributed by atoms with van der Waals surface area (Å²) in [5, 5.41) is 13.1. The molecule has 4 aromatic rings. The lowest BCUT2D eigenvalue weighted by atomic mass is 10.2. The Bertz CT molecular complexity index is 1020. The first-order chi connectivity index (χ1) is 12.8. The van der Waals surface area contributed by atoms with Crippen LogP contribution in [0.2, 0.25) is 0 Å². The molecule has 0 saturated carbocycles. The largest absolute Gasteiger partial charge is 0.423 e. The first kappa shape index (κ1) is 16.1. The van der Waals surface area contributed by atoms with E-state index in [1.807, 2.05) is 35.7 Å². The lowest BCUT2D eigenvalue weighted by molar-refractivity contribution is -0.115. The molecule has 4 rings (SSSR count). The highest BCUT2D eigenvalue weighted by atomic mass is 32.1. The monoisotopic (exact) mass is 363 g/mol. The van der Waals surface area contributed by atoms with Crippen molar-refractivity contribution in [1.29, 1.82) is 0 Å². The number of hydrogen-bond acceptors (Lipinski definition) is 7. The van der Waals surface area contributed by atoms with Crippen LogP contribution in [0.3, 0.4) is 0 Å². The summed E-state index contributed by atoms with van der Waals surface area (Å²) in [6.07, 6.45) is 3.18. The zero-order valence-electron chi connectivity index (χ0n) is 13.5. The summed E-state index contributed by atoms with van der Waals surface area (Å²) in [5.41, 5.74) is 2.91. The molecule has 3 aromatic heterocycles. The van der Waals surface area contributed by atoms with Gasteiger partial charge in [0.25, 0.3) is 0 Å². The third-order valence-corrected chi connectivity index (χ3v) is 4.44. The summed E-state index contributed by atoms with van der Waals surface area (Å²) >= 11 is 1.47. The van der Waals surface area contributed by atoms with Gasteiger partial charge in [0.05, 0.1) is 17.8 Å². The summed E-state index contributed by atoms with van der Waals surface area (Å²) < 4.78 is 5.17. The number of aromatic nitrogens is 4. The molecule has 0 spiro atoms. The van der Waals surface area contributed by atoms with Gasteiger partial charge in [0.1, 0.15) is 5.01 Å². The number of carbonyl (C=O) groups is 1. The molecule has 1 amide bonds. The van der Waals surface area contributed by atoms with Crippen molar-refractivity contribution in [2.24, 2.45) is 0 Å². The smallest absolute Gasteiger partial charge is 0.247 e. The van der Waals surface area contributed by atoms with E-state index in [0.29, 0.717) is 17.3 Å². The fraction of sp³-hybridized carbons (Fsp3) is 0.0556. The highest BCUT2D eigenvalue weighted by Gasteiger charge is 2.11. The number of thiazole rings is 1. The molecule has 0 unspecified atom stereocenters. The number of pyridine rings is 1. The second-order valence-corrected chi connectivity index (χ2v) is 6.27. The molecular formula is C18H13N5O2S. The molecular weight excluding hydrogens is 350 g/mol. The molecule has 0 fully saturated rings. The first-order valence-corrected chi connectivity index (χ1v) is 8.68. The van der Waals surface area contributed by atoms with Crippen LogP contribution < -0.4 is 5.32 Å². The molecule has 1 aromatic carbocycles. The molecule has 26 heavy (non-hydrogen) atoms. The quantitative estimate of drug-likeness (QED) is 0.584. The van der Waals surface area contributed by atoms with Crippen LogP contribution in [0.4, 0.5) is 5.69 Å². The molecule has 0 saturated heterocycles. The number of amides is 1. The number of nitrogens with one attached hydrogen (secondary N) is 1. The first-order valence-electron chi connectivity index (χ1n) is 7.80. The number of carbonyl (C=O) groups excluding carboxylic acids is 1. The minimum Gasteiger partial charge on any atom is -0.423 e. The summed E-state index contributed by atoms with van der Waals surface area (Å²) in [6, 6.07) is 12.9. The minimum absolute atomic E-state index is 0.148. The van der Waals surface area contributed by atoms with Gasteiger partial charge in [-0.1, -0.05) is 12.1 Å². The van der Waals surface area contributed by atoms with Gasteiger partial charge in [0.15, 0.2) is 0 Å². The third-order valence-electron chi connectivity index (χ3n) is 3.53. The summed E-state index contributed by atoms with van der Waals surface area (Å²) in [5.74, 6) is 0.256. The van der Waals surface area contributed by atoms with E-state index in [1.165, 1.54) is 17.7 Å². The molecule has 8 heteroatoms. The molecule has 0 aliphatic rings. The van der Waals surface area contributed by atoms with E-state index in [4.69, 9.17) is 4.42 Å².